The Hall–Kier alpha value is -1.26. The van der Waals surface area contributed by atoms with Gasteiger partial charge in [-0.15, -0.1) is 0 Å². The number of carboxylic acid groups (broad SMARTS) is 1. The summed E-state index contributed by atoms with van der Waals surface area (Å²) >= 11 is 0. The van der Waals surface area contributed by atoms with Gasteiger partial charge in [-0.25, -0.2) is 4.79 Å². The molecule has 0 bridgehead atoms. The minimum absolute atomic E-state index is 0.0185. The van der Waals surface area contributed by atoms with Crippen LogP contribution >= 0.6 is 0 Å². The maximum Gasteiger partial charge on any atom is 0.318 e. The van der Waals surface area contributed by atoms with Crippen LogP contribution in [0.2, 0.25) is 0 Å². The van der Waals surface area contributed by atoms with Gasteiger partial charge in [-0.3, -0.25) is 4.79 Å². The minimum Gasteiger partial charge on any atom is -0.481 e. The predicted molar refractivity (Wildman–Crippen MR) is 46.1 cm³/mol. The van der Waals surface area contributed by atoms with E-state index in [0.29, 0.717) is 0 Å². The van der Waals surface area contributed by atoms with E-state index in [0.717, 1.165) is 6.92 Å². The van der Waals surface area contributed by atoms with E-state index in [1.165, 1.54) is 9.80 Å². The lowest BCUT2D eigenvalue weighted by molar-refractivity contribution is -0.134. The van der Waals surface area contributed by atoms with Gasteiger partial charge >= 0.3 is 6.03 Å². The Labute approximate surface area is 72.6 Å². The van der Waals surface area contributed by atoms with Crippen molar-refractivity contribution in [3.8, 4) is 0 Å². The molecule has 0 fully saturated rings. The normalized spacial score (nSPS) is 7.75. The number of carbonyl (C=O) groups is 2. The van der Waals surface area contributed by atoms with E-state index in [1.54, 1.807) is 28.2 Å². The molecule has 0 unspecified atom stereocenters. The van der Waals surface area contributed by atoms with Gasteiger partial charge in [0.25, 0.3) is 5.97 Å². The van der Waals surface area contributed by atoms with Crippen LogP contribution in [0.15, 0.2) is 0 Å². The molecule has 12 heavy (non-hydrogen) atoms. The first-order chi connectivity index (χ1) is 5.29. The molecule has 5 heteroatoms. The SMILES string of the molecule is CC(=O)O.CN(C)C(=O)N(C)C. The van der Waals surface area contributed by atoms with Gasteiger partial charge in [0.15, 0.2) is 0 Å². The van der Waals surface area contributed by atoms with Gasteiger partial charge in [0, 0.05) is 35.1 Å². The van der Waals surface area contributed by atoms with Crippen molar-refractivity contribution in [3.05, 3.63) is 0 Å². The molecule has 2 amide bonds. The highest BCUT2D eigenvalue weighted by Crippen LogP contribution is 1.83. The number of carbonyl (C=O) groups excluding carboxylic acids is 1. The van der Waals surface area contributed by atoms with E-state index >= 15 is 0 Å². The van der Waals surface area contributed by atoms with E-state index in [2.05, 4.69) is 0 Å². The molecule has 0 saturated heterocycles. The van der Waals surface area contributed by atoms with Gasteiger partial charge in [0.05, 0.1) is 0 Å². The van der Waals surface area contributed by atoms with Crippen molar-refractivity contribution in [2.75, 3.05) is 28.2 Å². The van der Waals surface area contributed by atoms with Crippen molar-refractivity contribution in [1.82, 2.24) is 9.80 Å². The van der Waals surface area contributed by atoms with Crippen LogP contribution in [0.3, 0.4) is 0 Å². The fourth-order valence-corrected chi connectivity index (χ4v) is 0.400. The number of aliphatic carboxylic acids is 1. The summed E-state index contributed by atoms with van der Waals surface area (Å²) in [5.41, 5.74) is 0. The summed E-state index contributed by atoms with van der Waals surface area (Å²) in [7, 11) is 6.90. The maximum absolute atomic E-state index is 10.7. The number of carboxylic acids is 1. The first-order valence-electron chi connectivity index (χ1n) is 3.37. The molecule has 0 saturated carbocycles. The summed E-state index contributed by atoms with van der Waals surface area (Å²) in [6.07, 6.45) is 0. The molecular formula is C7H16N2O3. The van der Waals surface area contributed by atoms with Crippen LogP contribution in [-0.2, 0) is 4.79 Å². The van der Waals surface area contributed by atoms with Crippen LogP contribution in [0.25, 0.3) is 0 Å². The van der Waals surface area contributed by atoms with Crippen molar-refractivity contribution in [3.63, 3.8) is 0 Å². The zero-order valence-corrected chi connectivity index (χ0v) is 8.16. The third-order valence-electron chi connectivity index (χ3n) is 0.765. The molecule has 72 valence electrons. The number of rotatable bonds is 0. The van der Waals surface area contributed by atoms with Crippen LogP contribution in [0.1, 0.15) is 6.92 Å². The second kappa shape index (κ2) is 6.45. The van der Waals surface area contributed by atoms with Crippen molar-refractivity contribution in [1.29, 1.82) is 0 Å². The molecule has 5 nitrogen and oxygen atoms in total. The third-order valence-corrected chi connectivity index (χ3v) is 0.765. The van der Waals surface area contributed by atoms with Crippen molar-refractivity contribution < 1.29 is 14.7 Å². The number of hydrogen-bond donors (Lipinski definition) is 1. The van der Waals surface area contributed by atoms with Crippen molar-refractivity contribution >= 4 is 12.0 Å². The van der Waals surface area contributed by atoms with E-state index in [1.807, 2.05) is 0 Å². The summed E-state index contributed by atoms with van der Waals surface area (Å²) in [6, 6.07) is 0.0185. The Bertz CT molecular complexity index is 141. The summed E-state index contributed by atoms with van der Waals surface area (Å²) in [6.45, 7) is 1.08. The van der Waals surface area contributed by atoms with Gasteiger partial charge in [0.1, 0.15) is 0 Å². The van der Waals surface area contributed by atoms with E-state index in [9.17, 15) is 4.79 Å². The fourth-order valence-electron chi connectivity index (χ4n) is 0.400. The smallest absolute Gasteiger partial charge is 0.318 e. The number of nitrogens with zero attached hydrogens (tertiary/aromatic N) is 2. The lowest BCUT2D eigenvalue weighted by Crippen LogP contribution is -2.33. The van der Waals surface area contributed by atoms with Gasteiger partial charge in [-0.05, 0) is 0 Å². The van der Waals surface area contributed by atoms with E-state index < -0.39 is 5.97 Å². The monoisotopic (exact) mass is 176 g/mol. The van der Waals surface area contributed by atoms with Gasteiger partial charge in [-0.1, -0.05) is 0 Å². The van der Waals surface area contributed by atoms with E-state index in [-0.39, 0.29) is 6.03 Å². The molecule has 0 aromatic heterocycles. The molecular weight excluding hydrogens is 160 g/mol. The molecule has 0 atom stereocenters. The predicted octanol–water partition coefficient (Wildman–Crippen LogP) is 0.321. The highest BCUT2D eigenvalue weighted by atomic mass is 16.4. The van der Waals surface area contributed by atoms with Crippen LogP contribution in [0.4, 0.5) is 4.79 Å². The Morgan fingerprint density at radius 2 is 1.17 bits per heavy atom. The maximum atomic E-state index is 10.7. The molecule has 0 radical (unpaired) electrons. The van der Waals surface area contributed by atoms with Gasteiger partial charge in [-0.2, -0.15) is 0 Å². The first-order valence-corrected chi connectivity index (χ1v) is 3.37. The molecule has 0 rings (SSSR count). The van der Waals surface area contributed by atoms with Gasteiger partial charge < -0.3 is 14.9 Å². The zero-order valence-electron chi connectivity index (χ0n) is 8.16. The topological polar surface area (TPSA) is 60.9 Å². The number of hydrogen-bond acceptors (Lipinski definition) is 2. The van der Waals surface area contributed by atoms with Crippen molar-refractivity contribution in [2.45, 2.75) is 6.92 Å². The third kappa shape index (κ3) is 11.5. The summed E-state index contributed by atoms with van der Waals surface area (Å²) < 4.78 is 0. The zero-order chi connectivity index (χ0) is 10.3. The number of urea groups is 1. The summed E-state index contributed by atoms with van der Waals surface area (Å²) in [4.78, 5) is 22.8. The minimum atomic E-state index is -0.833. The standard InChI is InChI=1S/C5H12N2O.C2H4O2/c1-6(2)5(8)7(3)4;1-2(3)4/h1-4H3;1H3,(H,3,4). The first kappa shape index (κ1) is 13.3. The second-order valence-corrected chi connectivity index (χ2v) is 2.59. The quantitative estimate of drug-likeness (QED) is 0.578. The molecule has 0 aliphatic carbocycles. The van der Waals surface area contributed by atoms with Crippen molar-refractivity contribution in [2.24, 2.45) is 0 Å². The Morgan fingerprint density at radius 3 is 1.17 bits per heavy atom. The average molecular weight is 176 g/mol. The summed E-state index contributed by atoms with van der Waals surface area (Å²) in [5, 5.41) is 7.42. The molecule has 0 spiro atoms. The van der Waals surface area contributed by atoms with Gasteiger partial charge in [0.2, 0.25) is 0 Å². The highest BCUT2D eigenvalue weighted by molar-refractivity contribution is 5.72. The van der Waals surface area contributed by atoms with Crippen LogP contribution < -0.4 is 0 Å². The fraction of sp³-hybridized carbons (Fsp3) is 0.714. The van der Waals surface area contributed by atoms with Crippen LogP contribution in [0, 0.1) is 0 Å². The van der Waals surface area contributed by atoms with E-state index in [4.69, 9.17) is 9.90 Å². The molecule has 1 N–H and O–H groups in total. The lowest BCUT2D eigenvalue weighted by Gasteiger charge is -2.16. The average Bonchev–Trinajstić information content (AvgIpc) is 1.84. The second-order valence-electron chi connectivity index (χ2n) is 2.59. The van der Waals surface area contributed by atoms with Crippen LogP contribution in [-0.4, -0.2) is 55.1 Å². The Balaban J connectivity index is 0. The Kier molecular flexibility index (Phi) is 7.17. The molecule has 0 aliphatic rings. The Morgan fingerprint density at radius 1 is 1.00 bits per heavy atom. The molecule has 0 aromatic carbocycles. The lowest BCUT2D eigenvalue weighted by atomic mass is 10.7. The summed E-state index contributed by atoms with van der Waals surface area (Å²) in [5.74, 6) is -0.833. The highest BCUT2D eigenvalue weighted by Gasteiger charge is 2.02. The molecule has 0 aromatic rings. The molecule has 0 aliphatic heterocycles. The largest absolute Gasteiger partial charge is 0.481 e. The molecule has 0 heterocycles. The van der Waals surface area contributed by atoms with Crippen LogP contribution in [0.5, 0.6) is 0 Å². The number of amides is 2.